The highest BCUT2D eigenvalue weighted by Crippen LogP contribution is 2.28. The topological polar surface area (TPSA) is 71.1 Å². The first kappa shape index (κ1) is 21.0. The predicted molar refractivity (Wildman–Crippen MR) is 114 cm³/mol. The third-order valence-corrected chi connectivity index (χ3v) is 5.91. The number of carbonyl (C=O) groups is 2. The molecule has 3 rings (SSSR count). The van der Waals surface area contributed by atoms with Gasteiger partial charge in [0, 0.05) is 34.1 Å². The van der Waals surface area contributed by atoms with E-state index in [0.29, 0.717) is 22.7 Å². The van der Waals surface area contributed by atoms with E-state index in [-0.39, 0.29) is 12.4 Å². The molecule has 0 aliphatic carbocycles. The maximum absolute atomic E-state index is 13.4. The number of rotatable bonds is 5. The highest BCUT2D eigenvalue weighted by molar-refractivity contribution is 7.15. The summed E-state index contributed by atoms with van der Waals surface area (Å²) >= 11 is 7.46. The molecular weight excluding hydrogens is 413 g/mol. The second kappa shape index (κ2) is 9.15. The van der Waals surface area contributed by atoms with E-state index in [2.05, 4.69) is 15.6 Å². The van der Waals surface area contributed by atoms with Crippen LogP contribution >= 0.6 is 22.9 Å². The zero-order valence-corrected chi connectivity index (χ0v) is 17.5. The number of hydrogen-bond donors (Lipinski definition) is 2. The smallest absolute Gasteiger partial charge is 0.313 e. The minimum Gasteiger partial charge on any atom is -0.347 e. The number of thiazole rings is 1. The Kier molecular flexibility index (Phi) is 6.61. The second-order valence-corrected chi connectivity index (χ2v) is 7.95. The average Bonchev–Trinajstić information content (AvgIpc) is 3.05. The Hall–Kier alpha value is -2.77. The lowest BCUT2D eigenvalue weighted by molar-refractivity contribution is -0.136. The van der Waals surface area contributed by atoms with E-state index >= 15 is 0 Å². The molecule has 1 heterocycles. The van der Waals surface area contributed by atoms with E-state index in [1.54, 1.807) is 30.3 Å². The fourth-order valence-corrected chi connectivity index (χ4v) is 3.87. The molecule has 0 saturated heterocycles. The van der Waals surface area contributed by atoms with Crippen LogP contribution in [0.1, 0.15) is 16.1 Å². The zero-order valence-electron chi connectivity index (χ0n) is 15.9. The van der Waals surface area contributed by atoms with Crippen molar-refractivity contribution < 1.29 is 14.0 Å². The number of aryl methyl sites for hydroxylation is 2. The van der Waals surface area contributed by atoms with Crippen LogP contribution in [0.15, 0.2) is 42.5 Å². The highest BCUT2D eigenvalue weighted by atomic mass is 35.5. The van der Waals surface area contributed by atoms with Crippen molar-refractivity contribution in [2.75, 3.05) is 11.9 Å². The van der Waals surface area contributed by atoms with Gasteiger partial charge in [0.2, 0.25) is 0 Å². The van der Waals surface area contributed by atoms with Gasteiger partial charge in [-0.15, -0.1) is 11.3 Å². The number of amides is 2. The van der Waals surface area contributed by atoms with Gasteiger partial charge in [-0.1, -0.05) is 29.8 Å². The number of halogens is 2. The van der Waals surface area contributed by atoms with Crippen LogP contribution in [0.2, 0.25) is 5.02 Å². The van der Waals surface area contributed by atoms with E-state index in [1.165, 1.54) is 23.5 Å². The maximum atomic E-state index is 13.4. The Balaban J connectivity index is 1.54. The lowest BCUT2D eigenvalue weighted by Gasteiger charge is -2.07. The Labute approximate surface area is 176 Å². The number of nitrogens with zero attached hydrogens (tertiary/aromatic N) is 1. The van der Waals surface area contributed by atoms with Crippen LogP contribution in [0.5, 0.6) is 0 Å². The van der Waals surface area contributed by atoms with E-state index in [0.717, 1.165) is 21.1 Å². The number of carbonyl (C=O) groups excluding carboxylic acids is 2. The summed E-state index contributed by atoms with van der Waals surface area (Å²) < 4.78 is 13.4. The van der Waals surface area contributed by atoms with Gasteiger partial charge in [0.25, 0.3) is 0 Å². The Morgan fingerprint density at radius 1 is 1.14 bits per heavy atom. The van der Waals surface area contributed by atoms with Crippen LogP contribution in [0.3, 0.4) is 0 Å². The van der Waals surface area contributed by atoms with Crippen molar-refractivity contribution >= 4 is 40.4 Å². The summed E-state index contributed by atoms with van der Waals surface area (Å²) in [5, 5.41) is 6.35. The summed E-state index contributed by atoms with van der Waals surface area (Å²) in [5.74, 6) is -1.80. The molecule has 0 bridgehead atoms. The van der Waals surface area contributed by atoms with Crippen LogP contribution in [0, 0.1) is 19.7 Å². The van der Waals surface area contributed by atoms with Crippen molar-refractivity contribution in [1.29, 1.82) is 0 Å². The molecule has 8 heteroatoms. The molecule has 1 aromatic heterocycles. The van der Waals surface area contributed by atoms with Crippen molar-refractivity contribution in [1.82, 2.24) is 10.3 Å². The maximum Gasteiger partial charge on any atom is 0.313 e. The van der Waals surface area contributed by atoms with Crippen LogP contribution in [-0.2, 0) is 16.0 Å². The quantitative estimate of drug-likeness (QED) is 0.583. The lowest BCUT2D eigenvalue weighted by Crippen LogP contribution is -2.36. The first-order valence-corrected chi connectivity index (χ1v) is 10.1. The van der Waals surface area contributed by atoms with Crippen LogP contribution in [0.4, 0.5) is 10.1 Å². The molecule has 0 atom stereocenters. The minimum absolute atomic E-state index is 0.284. The van der Waals surface area contributed by atoms with E-state index in [4.69, 9.17) is 11.6 Å². The fourth-order valence-electron chi connectivity index (χ4n) is 2.63. The fraction of sp³-hybridized carbons (Fsp3) is 0.190. The van der Waals surface area contributed by atoms with Gasteiger partial charge >= 0.3 is 11.8 Å². The average molecular weight is 432 g/mol. The molecule has 3 aromatic rings. The number of aromatic nitrogens is 1. The van der Waals surface area contributed by atoms with E-state index < -0.39 is 11.8 Å². The summed E-state index contributed by atoms with van der Waals surface area (Å²) in [6.07, 6.45) is 0.522. The molecule has 0 aliphatic heterocycles. The van der Waals surface area contributed by atoms with Crippen molar-refractivity contribution in [3.63, 3.8) is 0 Å². The second-order valence-electron chi connectivity index (χ2n) is 6.46. The molecule has 29 heavy (non-hydrogen) atoms. The van der Waals surface area contributed by atoms with E-state index in [9.17, 15) is 14.0 Å². The minimum atomic E-state index is -0.758. The molecule has 0 fully saturated rings. The molecule has 2 aromatic carbocycles. The largest absolute Gasteiger partial charge is 0.347 e. The third kappa shape index (κ3) is 5.40. The number of nitrogens with one attached hydrogen (secondary N) is 2. The van der Waals surface area contributed by atoms with Gasteiger partial charge in [0.05, 0.1) is 5.69 Å². The molecule has 0 unspecified atom stereocenters. The van der Waals surface area contributed by atoms with Crippen molar-refractivity contribution in [2.45, 2.75) is 20.3 Å². The molecule has 5 nitrogen and oxygen atoms in total. The molecule has 0 aliphatic rings. The van der Waals surface area contributed by atoms with Gasteiger partial charge in [-0.25, -0.2) is 9.37 Å². The predicted octanol–water partition coefficient (Wildman–Crippen LogP) is 4.52. The van der Waals surface area contributed by atoms with Gasteiger partial charge in [-0.05, 0) is 43.7 Å². The van der Waals surface area contributed by atoms with E-state index in [1.807, 2.05) is 13.8 Å². The summed E-state index contributed by atoms with van der Waals surface area (Å²) in [6, 6.07) is 11.3. The summed E-state index contributed by atoms with van der Waals surface area (Å²) in [7, 11) is 0. The van der Waals surface area contributed by atoms with Crippen LogP contribution in [-0.4, -0.2) is 23.3 Å². The summed E-state index contributed by atoms with van der Waals surface area (Å²) in [6.45, 7) is 4.00. The van der Waals surface area contributed by atoms with Crippen LogP contribution in [0.25, 0.3) is 10.6 Å². The summed E-state index contributed by atoms with van der Waals surface area (Å²) in [5.41, 5.74) is 2.87. The van der Waals surface area contributed by atoms with Gasteiger partial charge in [0.1, 0.15) is 10.8 Å². The molecule has 0 spiro atoms. The lowest BCUT2D eigenvalue weighted by atomic mass is 10.2. The van der Waals surface area contributed by atoms with Gasteiger partial charge < -0.3 is 10.6 Å². The van der Waals surface area contributed by atoms with Crippen molar-refractivity contribution in [2.24, 2.45) is 0 Å². The molecule has 0 radical (unpaired) electrons. The Morgan fingerprint density at radius 3 is 2.66 bits per heavy atom. The van der Waals surface area contributed by atoms with Gasteiger partial charge in [-0.3, -0.25) is 9.59 Å². The summed E-state index contributed by atoms with van der Waals surface area (Å²) in [4.78, 5) is 29.5. The standard InChI is InChI=1S/C21H19ClFN3O2S/c1-12-6-7-16(11-17(12)22)26-20(28)19(27)24-9-8-18-13(2)25-21(29-18)14-4-3-5-15(23)10-14/h3-7,10-11H,8-9H2,1-2H3,(H,24,27)(H,26,28). The Bertz CT molecular complexity index is 1070. The zero-order chi connectivity index (χ0) is 21.0. The SMILES string of the molecule is Cc1ccc(NC(=O)C(=O)NCCc2sc(-c3cccc(F)c3)nc2C)cc1Cl. The number of hydrogen-bond acceptors (Lipinski definition) is 4. The first-order chi connectivity index (χ1) is 13.8. The van der Waals surface area contributed by atoms with Crippen LogP contribution < -0.4 is 10.6 Å². The molecule has 150 valence electrons. The van der Waals surface area contributed by atoms with Gasteiger partial charge in [0.15, 0.2) is 0 Å². The first-order valence-electron chi connectivity index (χ1n) is 8.91. The monoisotopic (exact) mass is 431 g/mol. The molecule has 2 amide bonds. The number of benzene rings is 2. The molecule has 0 saturated carbocycles. The number of anilines is 1. The highest BCUT2D eigenvalue weighted by Gasteiger charge is 2.15. The molecule has 2 N–H and O–H groups in total. The normalized spacial score (nSPS) is 10.6. The van der Waals surface area contributed by atoms with Crippen molar-refractivity contribution in [3.05, 3.63) is 69.4 Å². The third-order valence-electron chi connectivity index (χ3n) is 4.24. The molecular formula is C21H19ClFN3O2S. The van der Waals surface area contributed by atoms with Crippen molar-refractivity contribution in [3.8, 4) is 10.6 Å². The Morgan fingerprint density at radius 2 is 1.93 bits per heavy atom. The van der Waals surface area contributed by atoms with Gasteiger partial charge in [-0.2, -0.15) is 0 Å².